The molecular weight excluding hydrogens is 227 g/mol. The Hall–Kier alpha value is -0.780. The van der Waals surface area contributed by atoms with Crippen LogP contribution < -0.4 is 10.2 Å². The molecule has 3 nitrogen and oxygen atoms in total. The molecular formula is C11H15FN2OS. The molecule has 0 amide bonds. The maximum atomic E-state index is 13.8. The van der Waals surface area contributed by atoms with E-state index in [0.29, 0.717) is 10.6 Å². The lowest BCUT2D eigenvalue weighted by Gasteiger charge is -2.29. The van der Waals surface area contributed by atoms with E-state index in [1.807, 2.05) is 4.90 Å². The monoisotopic (exact) mass is 242 g/mol. The van der Waals surface area contributed by atoms with Crippen LogP contribution in [-0.2, 0) is 11.2 Å². The summed E-state index contributed by atoms with van der Waals surface area (Å²) < 4.78 is 25.0. The highest BCUT2D eigenvalue weighted by atomic mass is 32.2. The van der Waals surface area contributed by atoms with Gasteiger partial charge >= 0.3 is 0 Å². The fourth-order valence-electron chi connectivity index (χ4n) is 1.83. The Morgan fingerprint density at radius 3 is 2.62 bits per heavy atom. The van der Waals surface area contributed by atoms with Crippen molar-refractivity contribution in [3.63, 3.8) is 0 Å². The van der Waals surface area contributed by atoms with Crippen LogP contribution in [0.2, 0.25) is 0 Å². The molecule has 1 aliphatic heterocycles. The molecule has 1 saturated heterocycles. The van der Waals surface area contributed by atoms with Gasteiger partial charge in [0, 0.05) is 32.2 Å². The second-order valence-electron chi connectivity index (χ2n) is 3.80. The van der Waals surface area contributed by atoms with Gasteiger partial charge in [-0.05, 0) is 23.3 Å². The van der Waals surface area contributed by atoms with Crippen molar-refractivity contribution in [2.45, 2.75) is 4.90 Å². The van der Waals surface area contributed by atoms with Crippen molar-refractivity contribution in [3.8, 4) is 0 Å². The van der Waals surface area contributed by atoms with Gasteiger partial charge in [0.1, 0.15) is 6.26 Å². The van der Waals surface area contributed by atoms with E-state index >= 15 is 0 Å². The van der Waals surface area contributed by atoms with E-state index in [2.05, 4.69) is 5.32 Å². The summed E-state index contributed by atoms with van der Waals surface area (Å²) in [6.07, 6.45) is 1.55. The minimum atomic E-state index is -1.12. The fraction of sp³-hybridized carbons (Fsp3) is 0.455. The molecule has 0 saturated carbocycles. The summed E-state index contributed by atoms with van der Waals surface area (Å²) in [5, 5.41) is 3.22. The molecule has 16 heavy (non-hydrogen) atoms. The normalized spacial score (nSPS) is 18.6. The van der Waals surface area contributed by atoms with Gasteiger partial charge in [-0.2, -0.15) is 0 Å². The Bertz CT molecular complexity index is 367. The predicted molar refractivity (Wildman–Crippen MR) is 63.8 cm³/mol. The second kappa shape index (κ2) is 5.03. The molecule has 0 aliphatic carbocycles. The predicted octanol–water partition coefficient (Wildman–Crippen LogP) is 0.973. The summed E-state index contributed by atoms with van der Waals surface area (Å²) in [7, 11) is 0. The topological polar surface area (TPSA) is 38.3 Å². The number of rotatable bonds is 2. The molecule has 1 N–H and O–H groups in total. The van der Waals surface area contributed by atoms with Crippen LogP contribution in [0.5, 0.6) is 0 Å². The third-order valence-corrected chi connectivity index (χ3v) is 3.63. The van der Waals surface area contributed by atoms with Gasteiger partial charge in [0.15, 0.2) is 10.7 Å². The number of halogens is 1. The molecule has 1 aliphatic rings. The lowest BCUT2D eigenvalue weighted by Crippen LogP contribution is -2.43. The molecule has 1 atom stereocenters. The van der Waals surface area contributed by atoms with E-state index in [1.54, 1.807) is 18.4 Å². The number of anilines is 1. The third kappa shape index (κ3) is 2.48. The van der Waals surface area contributed by atoms with Gasteiger partial charge in [0.25, 0.3) is 0 Å². The van der Waals surface area contributed by atoms with E-state index in [-0.39, 0.29) is 5.82 Å². The summed E-state index contributed by atoms with van der Waals surface area (Å²) in [4.78, 5) is 2.55. The third-order valence-electron chi connectivity index (χ3n) is 2.71. The van der Waals surface area contributed by atoms with E-state index in [0.717, 1.165) is 26.2 Å². The molecule has 1 heterocycles. The SMILES string of the molecule is C[S@+]([O-])c1ccc(N2CCNCC2)c(F)c1. The Kier molecular flexibility index (Phi) is 3.68. The average Bonchev–Trinajstić information content (AvgIpc) is 2.30. The lowest BCUT2D eigenvalue weighted by molar-refractivity contribution is 0.563. The van der Waals surface area contributed by atoms with Crippen LogP contribution >= 0.6 is 0 Å². The van der Waals surface area contributed by atoms with Gasteiger partial charge in [-0.25, -0.2) is 4.39 Å². The number of benzene rings is 1. The number of nitrogens with one attached hydrogen (secondary N) is 1. The summed E-state index contributed by atoms with van der Waals surface area (Å²) in [5.41, 5.74) is 0.607. The number of piperazine rings is 1. The van der Waals surface area contributed by atoms with Gasteiger partial charge in [-0.3, -0.25) is 0 Å². The summed E-state index contributed by atoms with van der Waals surface area (Å²) in [6, 6.07) is 4.82. The minimum Gasteiger partial charge on any atom is -0.612 e. The van der Waals surface area contributed by atoms with E-state index in [1.165, 1.54) is 6.07 Å². The zero-order chi connectivity index (χ0) is 11.5. The van der Waals surface area contributed by atoms with Crippen molar-refractivity contribution in [2.24, 2.45) is 0 Å². The van der Waals surface area contributed by atoms with Crippen molar-refractivity contribution in [1.82, 2.24) is 5.32 Å². The number of nitrogens with zero attached hydrogens (tertiary/aromatic N) is 1. The second-order valence-corrected chi connectivity index (χ2v) is 5.18. The van der Waals surface area contributed by atoms with Gasteiger partial charge < -0.3 is 14.8 Å². The highest BCUT2D eigenvalue weighted by Gasteiger charge is 2.16. The van der Waals surface area contributed by atoms with Gasteiger partial charge in [-0.15, -0.1) is 0 Å². The highest BCUT2D eigenvalue weighted by Crippen LogP contribution is 2.22. The Morgan fingerprint density at radius 1 is 1.38 bits per heavy atom. The first-order valence-electron chi connectivity index (χ1n) is 5.27. The first-order valence-corrected chi connectivity index (χ1v) is 6.83. The molecule has 0 unspecified atom stereocenters. The number of hydrogen-bond donors (Lipinski definition) is 1. The molecule has 0 bridgehead atoms. The van der Waals surface area contributed by atoms with Crippen molar-refractivity contribution in [3.05, 3.63) is 24.0 Å². The molecule has 1 aromatic rings. The van der Waals surface area contributed by atoms with Crippen molar-refractivity contribution in [1.29, 1.82) is 0 Å². The minimum absolute atomic E-state index is 0.283. The molecule has 1 aromatic carbocycles. The lowest BCUT2D eigenvalue weighted by atomic mass is 10.2. The van der Waals surface area contributed by atoms with Crippen LogP contribution in [0.15, 0.2) is 23.1 Å². The van der Waals surface area contributed by atoms with Crippen LogP contribution in [-0.4, -0.2) is 37.0 Å². The Labute approximate surface area is 97.8 Å². The van der Waals surface area contributed by atoms with Gasteiger partial charge in [-0.1, -0.05) is 0 Å². The largest absolute Gasteiger partial charge is 0.612 e. The standard InChI is InChI=1S/C11H15FN2OS/c1-16(15)9-2-3-11(10(12)8-9)14-6-4-13-5-7-14/h2-3,8,13H,4-7H2,1H3/t16-/m0/s1. The van der Waals surface area contributed by atoms with E-state index < -0.39 is 11.2 Å². The molecule has 0 radical (unpaired) electrons. The van der Waals surface area contributed by atoms with Crippen LogP contribution in [0.25, 0.3) is 0 Å². The average molecular weight is 242 g/mol. The zero-order valence-electron chi connectivity index (χ0n) is 9.20. The zero-order valence-corrected chi connectivity index (χ0v) is 10.0. The summed E-state index contributed by atoms with van der Waals surface area (Å²) in [5.74, 6) is -0.283. The summed E-state index contributed by atoms with van der Waals surface area (Å²) >= 11 is -1.12. The summed E-state index contributed by atoms with van der Waals surface area (Å²) in [6.45, 7) is 3.37. The Morgan fingerprint density at radius 2 is 2.06 bits per heavy atom. The number of hydrogen-bond acceptors (Lipinski definition) is 3. The van der Waals surface area contributed by atoms with Crippen LogP contribution in [0.3, 0.4) is 0 Å². The van der Waals surface area contributed by atoms with Gasteiger partial charge in [0.05, 0.1) is 5.69 Å². The van der Waals surface area contributed by atoms with E-state index in [4.69, 9.17) is 0 Å². The molecule has 88 valence electrons. The van der Waals surface area contributed by atoms with Gasteiger partial charge in [0.2, 0.25) is 0 Å². The maximum absolute atomic E-state index is 13.8. The quantitative estimate of drug-likeness (QED) is 0.785. The highest BCUT2D eigenvalue weighted by molar-refractivity contribution is 7.90. The first-order chi connectivity index (χ1) is 7.68. The molecule has 2 rings (SSSR count). The molecule has 0 aromatic heterocycles. The fourth-order valence-corrected chi connectivity index (χ4v) is 2.36. The molecule has 1 fully saturated rings. The van der Waals surface area contributed by atoms with Crippen molar-refractivity contribution < 1.29 is 8.94 Å². The van der Waals surface area contributed by atoms with Crippen LogP contribution in [0.4, 0.5) is 10.1 Å². The van der Waals surface area contributed by atoms with Crippen LogP contribution in [0, 0.1) is 5.82 Å². The maximum Gasteiger partial charge on any atom is 0.155 e. The smallest absolute Gasteiger partial charge is 0.155 e. The molecule has 0 spiro atoms. The van der Waals surface area contributed by atoms with Crippen molar-refractivity contribution in [2.75, 3.05) is 37.3 Å². The van der Waals surface area contributed by atoms with Crippen LogP contribution in [0.1, 0.15) is 0 Å². The Balaban J connectivity index is 2.21. The molecule has 5 heteroatoms. The van der Waals surface area contributed by atoms with E-state index in [9.17, 15) is 8.94 Å². The van der Waals surface area contributed by atoms with Crippen molar-refractivity contribution >= 4 is 16.9 Å². The first kappa shape index (κ1) is 11.7.